The van der Waals surface area contributed by atoms with Crippen molar-refractivity contribution in [2.45, 2.75) is 44.2 Å². The lowest BCUT2D eigenvalue weighted by Crippen LogP contribution is -2.48. The maximum Gasteiger partial charge on any atom is 0.239 e. The van der Waals surface area contributed by atoms with Crippen LogP contribution < -0.4 is 16.0 Å². The van der Waals surface area contributed by atoms with Gasteiger partial charge in [0.1, 0.15) is 0 Å². The predicted octanol–water partition coefficient (Wildman–Crippen LogP) is 1.61. The van der Waals surface area contributed by atoms with Gasteiger partial charge < -0.3 is 16.0 Å². The molecule has 0 aromatic heterocycles. The molecule has 3 rings (SSSR count). The van der Waals surface area contributed by atoms with Gasteiger partial charge in [-0.25, -0.2) is 0 Å². The molecular weight excluding hydrogens is 403 g/mol. The van der Waals surface area contributed by atoms with Crippen molar-refractivity contribution >= 4 is 35.8 Å². The minimum atomic E-state index is 0. The van der Waals surface area contributed by atoms with Crippen LogP contribution in [-0.2, 0) is 17.6 Å². The Balaban J connectivity index is 0.00000192. The largest absolute Gasteiger partial charge is 0.353 e. The SMILES string of the molecule is CN=C(NCC(=O)NC1CC1)NC1CCc2ccccc2C1.I. The minimum absolute atomic E-state index is 0. The number of aryl methyl sites for hydroxylation is 1. The smallest absolute Gasteiger partial charge is 0.239 e. The number of fused-ring (bicyclic) bond motifs is 1. The van der Waals surface area contributed by atoms with E-state index in [4.69, 9.17) is 0 Å². The van der Waals surface area contributed by atoms with Crippen molar-refractivity contribution < 1.29 is 4.79 Å². The van der Waals surface area contributed by atoms with Crippen molar-refractivity contribution in [3.63, 3.8) is 0 Å². The van der Waals surface area contributed by atoms with E-state index in [1.807, 2.05) is 0 Å². The predicted molar refractivity (Wildman–Crippen MR) is 103 cm³/mol. The summed E-state index contributed by atoms with van der Waals surface area (Å²) in [7, 11) is 1.74. The molecule has 1 amide bonds. The van der Waals surface area contributed by atoms with Gasteiger partial charge in [-0.2, -0.15) is 0 Å². The fraction of sp³-hybridized carbons (Fsp3) is 0.529. The van der Waals surface area contributed by atoms with Gasteiger partial charge in [-0.1, -0.05) is 24.3 Å². The summed E-state index contributed by atoms with van der Waals surface area (Å²) in [4.78, 5) is 15.9. The molecule has 5 nitrogen and oxygen atoms in total. The summed E-state index contributed by atoms with van der Waals surface area (Å²) in [5.41, 5.74) is 2.86. The molecule has 0 bridgehead atoms. The Hall–Kier alpha value is -1.31. The first-order valence-electron chi connectivity index (χ1n) is 8.08. The zero-order valence-electron chi connectivity index (χ0n) is 13.5. The average Bonchev–Trinajstić information content (AvgIpc) is 3.35. The highest BCUT2D eigenvalue weighted by molar-refractivity contribution is 14.0. The number of hydrogen-bond acceptors (Lipinski definition) is 2. The zero-order valence-corrected chi connectivity index (χ0v) is 15.8. The Morgan fingerprint density at radius 3 is 2.57 bits per heavy atom. The lowest BCUT2D eigenvalue weighted by Gasteiger charge is -2.27. The quantitative estimate of drug-likeness (QED) is 0.388. The van der Waals surface area contributed by atoms with Crippen LogP contribution in [0.15, 0.2) is 29.3 Å². The second-order valence-corrected chi connectivity index (χ2v) is 6.12. The Labute approximate surface area is 154 Å². The third-order valence-electron chi connectivity index (χ3n) is 4.27. The highest BCUT2D eigenvalue weighted by Gasteiger charge is 2.23. The van der Waals surface area contributed by atoms with Crippen molar-refractivity contribution in [1.82, 2.24) is 16.0 Å². The van der Waals surface area contributed by atoms with Crippen molar-refractivity contribution in [3.05, 3.63) is 35.4 Å². The Morgan fingerprint density at radius 2 is 1.87 bits per heavy atom. The van der Waals surface area contributed by atoms with Crippen LogP contribution in [0.2, 0.25) is 0 Å². The second kappa shape index (κ2) is 8.52. The second-order valence-electron chi connectivity index (χ2n) is 6.12. The molecule has 0 saturated heterocycles. The lowest BCUT2D eigenvalue weighted by atomic mass is 9.88. The van der Waals surface area contributed by atoms with E-state index in [2.05, 4.69) is 45.2 Å². The number of nitrogens with zero attached hydrogens (tertiary/aromatic N) is 1. The number of rotatable bonds is 4. The molecule has 0 radical (unpaired) electrons. The van der Waals surface area contributed by atoms with Crippen LogP contribution in [0.3, 0.4) is 0 Å². The number of carbonyl (C=O) groups is 1. The minimum Gasteiger partial charge on any atom is -0.353 e. The molecular formula is C17H25IN4O. The molecule has 0 spiro atoms. The molecule has 1 aromatic carbocycles. The first-order chi connectivity index (χ1) is 10.7. The van der Waals surface area contributed by atoms with Crippen molar-refractivity contribution in [2.75, 3.05) is 13.6 Å². The Kier molecular flexibility index (Phi) is 6.68. The van der Waals surface area contributed by atoms with Crippen LogP contribution in [0, 0.1) is 0 Å². The van der Waals surface area contributed by atoms with Gasteiger partial charge in [-0.15, -0.1) is 24.0 Å². The summed E-state index contributed by atoms with van der Waals surface area (Å²) >= 11 is 0. The molecule has 1 aromatic rings. The first-order valence-corrected chi connectivity index (χ1v) is 8.08. The standard InChI is InChI=1S/C17H24N4O.HI/c1-18-17(19-11-16(22)20-14-8-9-14)21-15-7-6-12-4-2-3-5-13(12)10-15;/h2-5,14-15H,6-11H2,1H3,(H,20,22)(H2,18,19,21);1H. The monoisotopic (exact) mass is 428 g/mol. The number of aliphatic imine (C=N–C) groups is 1. The van der Waals surface area contributed by atoms with Gasteiger partial charge in [0.25, 0.3) is 0 Å². The summed E-state index contributed by atoms with van der Waals surface area (Å²) in [6.07, 6.45) is 5.41. The van der Waals surface area contributed by atoms with Crippen LogP contribution in [0.25, 0.3) is 0 Å². The number of amides is 1. The van der Waals surface area contributed by atoms with Crippen LogP contribution in [0.4, 0.5) is 0 Å². The molecule has 0 heterocycles. The fourth-order valence-corrected chi connectivity index (χ4v) is 2.88. The molecule has 1 saturated carbocycles. The number of benzene rings is 1. The van der Waals surface area contributed by atoms with Crippen LogP contribution in [-0.4, -0.2) is 37.5 Å². The molecule has 0 aliphatic heterocycles. The van der Waals surface area contributed by atoms with E-state index in [0.717, 1.165) is 32.1 Å². The van der Waals surface area contributed by atoms with Crippen LogP contribution in [0.5, 0.6) is 0 Å². The Morgan fingerprint density at radius 1 is 1.13 bits per heavy atom. The van der Waals surface area contributed by atoms with Gasteiger partial charge >= 0.3 is 0 Å². The van der Waals surface area contributed by atoms with Crippen LogP contribution >= 0.6 is 24.0 Å². The third-order valence-corrected chi connectivity index (χ3v) is 4.27. The van der Waals surface area contributed by atoms with E-state index in [1.54, 1.807) is 7.05 Å². The summed E-state index contributed by atoms with van der Waals surface area (Å²) in [5, 5.41) is 9.50. The Bertz CT molecular complexity index is 571. The summed E-state index contributed by atoms with van der Waals surface area (Å²) in [5.74, 6) is 0.745. The molecule has 1 fully saturated rings. The van der Waals surface area contributed by atoms with Gasteiger partial charge in [0.15, 0.2) is 5.96 Å². The van der Waals surface area contributed by atoms with E-state index >= 15 is 0 Å². The van der Waals surface area contributed by atoms with E-state index in [1.165, 1.54) is 11.1 Å². The summed E-state index contributed by atoms with van der Waals surface area (Å²) in [6, 6.07) is 9.37. The van der Waals surface area contributed by atoms with E-state index in [0.29, 0.717) is 18.0 Å². The number of halogens is 1. The lowest BCUT2D eigenvalue weighted by molar-refractivity contribution is -0.120. The van der Waals surface area contributed by atoms with Crippen molar-refractivity contribution in [2.24, 2.45) is 4.99 Å². The highest BCUT2D eigenvalue weighted by atomic mass is 127. The van der Waals surface area contributed by atoms with Crippen LogP contribution in [0.1, 0.15) is 30.4 Å². The maximum absolute atomic E-state index is 11.7. The topological polar surface area (TPSA) is 65.5 Å². The normalized spacial score (nSPS) is 20.0. The molecule has 2 aliphatic rings. The molecule has 1 atom stereocenters. The third kappa shape index (κ3) is 5.37. The maximum atomic E-state index is 11.7. The van der Waals surface area contributed by atoms with Gasteiger partial charge in [0, 0.05) is 19.1 Å². The van der Waals surface area contributed by atoms with Gasteiger partial charge in [0.05, 0.1) is 6.54 Å². The highest BCUT2D eigenvalue weighted by Crippen LogP contribution is 2.21. The molecule has 6 heteroatoms. The average molecular weight is 428 g/mol. The summed E-state index contributed by atoms with van der Waals surface area (Å²) in [6.45, 7) is 0.277. The number of hydrogen-bond donors (Lipinski definition) is 3. The number of guanidine groups is 1. The van der Waals surface area contributed by atoms with Crippen molar-refractivity contribution in [3.8, 4) is 0 Å². The molecule has 2 aliphatic carbocycles. The molecule has 126 valence electrons. The first kappa shape index (κ1) is 18.0. The van der Waals surface area contributed by atoms with E-state index in [9.17, 15) is 4.79 Å². The van der Waals surface area contributed by atoms with Gasteiger partial charge in [-0.3, -0.25) is 9.79 Å². The van der Waals surface area contributed by atoms with Gasteiger partial charge in [-0.05, 0) is 43.2 Å². The van der Waals surface area contributed by atoms with Crippen molar-refractivity contribution in [1.29, 1.82) is 0 Å². The van der Waals surface area contributed by atoms with E-state index in [-0.39, 0.29) is 36.4 Å². The summed E-state index contributed by atoms with van der Waals surface area (Å²) < 4.78 is 0. The zero-order chi connectivity index (χ0) is 15.4. The number of carbonyl (C=O) groups excluding carboxylic acids is 1. The molecule has 1 unspecified atom stereocenters. The molecule has 3 N–H and O–H groups in total. The number of nitrogens with one attached hydrogen (secondary N) is 3. The van der Waals surface area contributed by atoms with Gasteiger partial charge in [0.2, 0.25) is 5.91 Å². The molecule has 23 heavy (non-hydrogen) atoms. The fourth-order valence-electron chi connectivity index (χ4n) is 2.88. The van der Waals surface area contributed by atoms with E-state index < -0.39 is 0 Å².